The molecular formula is C39H52N6O7. The highest BCUT2D eigenvalue weighted by Crippen LogP contribution is 2.48. The summed E-state index contributed by atoms with van der Waals surface area (Å²) in [4.78, 5) is 56.1. The number of alkyl carbamates (subject to hydrolysis) is 1. The number of aromatic nitrogens is 1. The standard InChI is InChI=1S/C39H52N6O7/c1-24(41-34(47)28-22-32(39(28,5)6)44(7)37(50)51)12-13-25-16-19-30(31(46)21-25)45(43-35(48)33(38(2,3)4)42-36(49)52-8)23-26-14-17-27(18-15-26)29-11-9-10-20-40-29/h9-11,14-21,24,28,32-33,46H,12-13,22-23H2,1-8H3,(H,41,47)(H,42,49)(H,43,48)(H,50,51)/t24?,28-,32-,33-/m1/s1. The van der Waals surface area contributed by atoms with Crippen LogP contribution in [0.3, 0.4) is 0 Å². The van der Waals surface area contributed by atoms with E-state index in [4.69, 9.17) is 4.74 Å². The molecule has 0 saturated heterocycles. The number of phenolic OH excluding ortho intramolecular Hbond substituents is 1. The van der Waals surface area contributed by atoms with Crippen molar-refractivity contribution < 1.29 is 34.1 Å². The third-order valence-corrected chi connectivity index (χ3v) is 9.96. The first-order valence-corrected chi connectivity index (χ1v) is 17.4. The van der Waals surface area contributed by atoms with Gasteiger partial charge in [0.25, 0.3) is 5.91 Å². The van der Waals surface area contributed by atoms with Crippen molar-refractivity contribution in [2.75, 3.05) is 19.2 Å². The van der Waals surface area contributed by atoms with Gasteiger partial charge in [-0.15, -0.1) is 0 Å². The molecule has 5 N–H and O–H groups in total. The van der Waals surface area contributed by atoms with Gasteiger partial charge in [-0.05, 0) is 72.4 Å². The highest BCUT2D eigenvalue weighted by molar-refractivity contribution is 5.88. The van der Waals surface area contributed by atoms with Gasteiger partial charge in [0.2, 0.25) is 5.91 Å². The lowest BCUT2D eigenvalue weighted by Crippen LogP contribution is -2.62. The Morgan fingerprint density at radius 1 is 1.02 bits per heavy atom. The molecule has 1 fully saturated rings. The topological polar surface area (TPSA) is 173 Å². The number of rotatable bonds is 13. The maximum absolute atomic E-state index is 13.7. The van der Waals surface area contributed by atoms with Gasteiger partial charge >= 0.3 is 12.2 Å². The molecule has 13 heteroatoms. The molecular weight excluding hydrogens is 664 g/mol. The third-order valence-electron chi connectivity index (χ3n) is 9.96. The molecule has 13 nitrogen and oxygen atoms in total. The second-order valence-electron chi connectivity index (χ2n) is 15.2. The zero-order valence-corrected chi connectivity index (χ0v) is 31.3. The van der Waals surface area contributed by atoms with Gasteiger partial charge in [-0.25, -0.2) is 9.59 Å². The summed E-state index contributed by atoms with van der Waals surface area (Å²) in [5.74, 6) is -0.942. The maximum Gasteiger partial charge on any atom is 0.407 e. The number of aromatic hydroxyl groups is 1. The Labute approximate surface area is 305 Å². The molecule has 1 aliphatic rings. The quantitative estimate of drug-likeness (QED) is 0.139. The van der Waals surface area contributed by atoms with Gasteiger partial charge < -0.3 is 30.5 Å². The van der Waals surface area contributed by atoms with Crippen LogP contribution >= 0.6 is 0 Å². The SMILES string of the molecule is COC(=O)N[C@H](C(=O)NN(Cc1ccc(-c2ccccn2)cc1)c1ccc(CCC(C)NC(=O)[C@H]2C[C@@H](N(C)C(=O)O)C2(C)C)cc1O)C(C)(C)C. The second-order valence-corrected chi connectivity index (χ2v) is 15.2. The van der Waals surface area contributed by atoms with Crippen molar-refractivity contribution in [1.29, 1.82) is 0 Å². The van der Waals surface area contributed by atoms with Crippen LogP contribution < -0.4 is 21.1 Å². The number of aryl methyl sites for hydroxylation is 1. The largest absolute Gasteiger partial charge is 0.506 e. The van der Waals surface area contributed by atoms with E-state index in [1.165, 1.54) is 19.1 Å². The highest BCUT2D eigenvalue weighted by atomic mass is 16.5. The molecule has 1 aromatic heterocycles. The van der Waals surface area contributed by atoms with Crippen LogP contribution in [0.15, 0.2) is 66.9 Å². The number of carbonyl (C=O) groups excluding carboxylic acids is 3. The Hall–Kier alpha value is -5.33. The first kappa shape index (κ1) is 39.5. The van der Waals surface area contributed by atoms with Gasteiger partial charge in [-0.3, -0.25) is 25.0 Å². The summed E-state index contributed by atoms with van der Waals surface area (Å²) in [7, 11) is 2.76. The van der Waals surface area contributed by atoms with Gasteiger partial charge in [0.1, 0.15) is 11.8 Å². The maximum atomic E-state index is 13.7. The molecule has 2 aromatic carbocycles. The normalized spacial score (nSPS) is 17.5. The number of benzene rings is 2. The fourth-order valence-electron chi connectivity index (χ4n) is 6.62. The first-order chi connectivity index (χ1) is 24.4. The number of hydrogen-bond donors (Lipinski definition) is 5. The minimum absolute atomic E-state index is 0.0577. The summed E-state index contributed by atoms with van der Waals surface area (Å²) in [5, 5.41) is 27.9. The number of amides is 4. The van der Waals surface area contributed by atoms with Crippen LogP contribution in [0.1, 0.15) is 65.5 Å². The van der Waals surface area contributed by atoms with Crippen LogP contribution in [0.5, 0.6) is 5.75 Å². The number of phenols is 1. The summed E-state index contributed by atoms with van der Waals surface area (Å²) >= 11 is 0. The van der Waals surface area contributed by atoms with Crippen molar-refractivity contribution >= 4 is 29.7 Å². The fraction of sp³-hybridized carbons (Fsp3) is 0.462. The number of pyridine rings is 1. The van der Waals surface area contributed by atoms with Crippen molar-refractivity contribution in [2.24, 2.45) is 16.7 Å². The Morgan fingerprint density at radius 2 is 1.69 bits per heavy atom. The lowest BCUT2D eigenvalue weighted by atomic mass is 9.57. The number of ether oxygens (including phenoxy) is 1. The van der Waals surface area contributed by atoms with Crippen molar-refractivity contribution in [3.63, 3.8) is 0 Å². The van der Waals surface area contributed by atoms with Crippen molar-refractivity contribution in [3.8, 4) is 17.0 Å². The Morgan fingerprint density at radius 3 is 2.25 bits per heavy atom. The van der Waals surface area contributed by atoms with Gasteiger partial charge in [0, 0.05) is 36.8 Å². The summed E-state index contributed by atoms with van der Waals surface area (Å²) in [6.07, 6.45) is 1.61. The zero-order chi connectivity index (χ0) is 38.4. The molecule has 4 amide bonds. The number of anilines is 1. The van der Waals surface area contributed by atoms with Gasteiger partial charge in [-0.2, -0.15) is 0 Å². The van der Waals surface area contributed by atoms with E-state index in [-0.39, 0.29) is 36.2 Å². The van der Waals surface area contributed by atoms with E-state index >= 15 is 0 Å². The van der Waals surface area contributed by atoms with Crippen LogP contribution in [-0.4, -0.2) is 76.4 Å². The Bertz CT molecular complexity index is 1730. The number of carboxylic acid groups (broad SMARTS) is 1. The van der Waals surface area contributed by atoms with Gasteiger partial charge in [0.05, 0.1) is 25.0 Å². The predicted molar refractivity (Wildman–Crippen MR) is 198 cm³/mol. The van der Waals surface area contributed by atoms with Gasteiger partial charge in [0.15, 0.2) is 0 Å². The fourth-order valence-corrected chi connectivity index (χ4v) is 6.62. The van der Waals surface area contributed by atoms with Crippen molar-refractivity contribution in [3.05, 3.63) is 78.0 Å². The minimum atomic E-state index is -1.01. The molecule has 1 aliphatic carbocycles. The summed E-state index contributed by atoms with van der Waals surface area (Å²) in [6.45, 7) is 11.4. The monoisotopic (exact) mass is 716 g/mol. The average Bonchev–Trinajstić information content (AvgIpc) is 3.08. The molecule has 1 heterocycles. The molecule has 4 atom stereocenters. The molecule has 280 valence electrons. The number of nitrogens with zero attached hydrogens (tertiary/aromatic N) is 3. The molecule has 0 bridgehead atoms. The minimum Gasteiger partial charge on any atom is -0.506 e. The van der Waals surface area contributed by atoms with E-state index in [1.807, 2.05) is 90.1 Å². The van der Waals surface area contributed by atoms with Crippen LogP contribution in [0.2, 0.25) is 0 Å². The lowest BCUT2D eigenvalue weighted by molar-refractivity contribution is -0.142. The van der Waals surface area contributed by atoms with Crippen molar-refractivity contribution in [2.45, 2.75) is 85.5 Å². The Kier molecular flexibility index (Phi) is 12.4. The molecule has 0 spiro atoms. The lowest BCUT2D eigenvalue weighted by Gasteiger charge is -2.53. The van der Waals surface area contributed by atoms with Crippen LogP contribution in [0, 0.1) is 16.7 Å². The third kappa shape index (κ3) is 9.51. The number of hydrazine groups is 1. The van der Waals surface area contributed by atoms with Crippen LogP contribution in [0.25, 0.3) is 11.3 Å². The molecule has 52 heavy (non-hydrogen) atoms. The molecule has 4 rings (SSSR count). The summed E-state index contributed by atoms with van der Waals surface area (Å²) in [6, 6.07) is 17.3. The summed E-state index contributed by atoms with van der Waals surface area (Å²) < 4.78 is 4.77. The first-order valence-electron chi connectivity index (χ1n) is 17.4. The Balaban J connectivity index is 1.48. The molecule has 1 saturated carbocycles. The number of methoxy groups -OCH3 is 1. The van der Waals surface area contributed by atoms with E-state index in [2.05, 4.69) is 21.0 Å². The average molecular weight is 717 g/mol. The van der Waals surface area contributed by atoms with E-state index in [0.717, 1.165) is 22.4 Å². The van der Waals surface area contributed by atoms with E-state index in [9.17, 15) is 29.4 Å². The molecule has 3 aromatic rings. The highest BCUT2D eigenvalue weighted by Gasteiger charge is 2.54. The van der Waals surface area contributed by atoms with Crippen LogP contribution in [0.4, 0.5) is 15.3 Å². The van der Waals surface area contributed by atoms with Crippen molar-refractivity contribution in [1.82, 2.24) is 25.9 Å². The molecule has 0 aliphatic heterocycles. The second kappa shape index (κ2) is 16.3. The number of hydrogen-bond acceptors (Lipinski definition) is 8. The number of nitrogens with one attached hydrogen (secondary N) is 3. The van der Waals surface area contributed by atoms with E-state index in [0.29, 0.717) is 24.9 Å². The summed E-state index contributed by atoms with van der Waals surface area (Å²) in [5.41, 5.74) is 5.54. The smallest absolute Gasteiger partial charge is 0.407 e. The number of carbonyl (C=O) groups is 4. The molecule has 1 unspecified atom stereocenters. The van der Waals surface area contributed by atoms with Crippen LogP contribution in [-0.2, 0) is 27.3 Å². The predicted octanol–water partition coefficient (Wildman–Crippen LogP) is 5.72. The zero-order valence-electron chi connectivity index (χ0n) is 31.3. The van der Waals surface area contributed by atoms with E-state index in [1.54, 1.807) is 23.3 Å². The van der Waals surface area contributed by atoms with E-state index < -0.39 is 35.0 Å². The molecule has 0 radical (unpaired) electrons. The van der Waals surface area contributed by atoms with Gasteiger partial charge in [-0.1, -0.05) is 71.0 Å².